The maximum Gasteiger partial charge on any atom is 0.257 e. The summed E-state index contributed by atoms with van der Waals surface area (Å²) in [5.74, 6) is 1.49. The molecule has 0 spiro atoms. The van der Waals surface area contributed by atoms with E-state index < -0.39 is 5.92 Å². The van der Waals surface area contributed by atoms with Gasteiger partial charge in [-0.25, -0.2) is 4.98 Å². The molecule has 1 amide bonds. The smallest absolute Gasteiger partial charge is 0.257 e. The lowest BCUT2D eigenvalue weighted by atomic mass is 9.86. The average Bonchev–Trinajstić information content (AvgIpc) is 2.79. The molecule has 9 heteroatoms. The normalized spacial score (nSPS) is 15.0. The van der Waals surface area contributed by atoms with E-state index in [-0.39, 0.29) is 17.9 Å². The number of nitrogens with zero attached hydrogens (tertiary/aromatic N) is 1. The zero-order valence-electron chi connectivity index (χ0n) is 18.3. The molecular formula is C24H24ClN3O4S. The summed E-state index contributed by atoms with van der Waals surface area (Å²) >= 11 is 7.32. The number of fused-ring (bicyclic) bond motifs is 1. The van der Waals surface area contributed by atoms with Gasteiger partial charge in [0.1, 0.15) is 5.82 Å². The molecule has 1 unspecified atom stereocenters. The fraction of sp³-hybridized carbons (Fsp3) is 0.292. The summed E-state index contributed by atoms with van der Waals surface area (Å²) in [4.78, 5) is 33.0. The van der Waals surface area contributed by atoms with Gasteiger partial charge in [-0.1, -0.05) is 41.6 Å². The van der Waals surface area contributed by atoms with Crippen LogP contribution in [-0.4, -0.2) is 29.1 Å². The Kier molecular flexibility index (Phi) is 7.25. The SMILES string of the molecule is CCOc1ccc(C2CC(=O)Nc3nc(SCc4ccc(Cl)cc4)[nH]c(=O)c32)cc1OCC. The number of halogens is 1. The average molecular weight is 486 g/mol. The second-order valence-corrected chi connectivity index (χ2v) is 8.83. The number of anilines is 1. The van der Waals surface area contributed by atoms with Crippen LogP contribution in [0.25, 0.3) is 0 Å². The number of ether oxygens (including phenoxy) is 2. The van der Waals surface area contributed by atoms with Gasteiger partial charge >= 0.3 is 0 Å². The van der Waals surface area contributed by atoms with Crippen molar-refractivity contribution in [3.63, 3.8) is 0 Å². The quantitative estimate of drug-likeness (QED) is 0.345. The van der Waals surface area contributed by atoms with Gasteiger partial charge in [-0.3, -0.25) is 9.59 Å². The maximum atomic E-state index is 13.1. The van der Waals surface area contributed by atoms with Crippen molar-refractivity contribution in [1.82, 2.24) is 9.97 Å². The summed E-state index contributed by atoms with van der Waals surface area (Å²) in [6, 6.07) is 13.0. The van der Waals surface area contributed by atoms with Gasteiger partial charge in [-0.05, 0) is 49.2 Å². The van der Waals surface area contributed by atoms with E-state index >= 15 is 0 Å². The molecule has 1 aliphatic rings. The molecule has 172 valence electrons. The van der Waals surface area contributed by atoms with Gasteiger partial charge < -0.3 is 19.8 Å². The van der Waals surface area contributed by atoms with Gasteiger partial charge in [0.15, 0.2) is 16.7 Å². The largest absolute Gasteiger partial charge is 0.490 e. The summed E-state index contributed by atoms with van der Waals surface area (Å²) in [6.45, 7) is 4.78. The van der Waals surface area contributed by atoms with Crippen molar-refractivity contribution in [2.75, 3.05) is 18.5 Å². The number of hydrogen-bond acceptors (Lipinski definition) is 6. The molecule has 0 fully saturated rings. The zero-order valence-corrected chi connectivity index (χ0v) is 19.9. The molecule has 0 bridgehead atoms. The Morgan fingerprint density at radius 3 is 2.52 bits per heavy atom. The number of carbonyl (C=O) groups excluding carboxylic acids is 1. The summed E-state index contributed by atoms with van der Waals surface area (Å²) in [7, 11) is 0. The summed E-state index contributed by atoms with van der Waals surface area (Å²) in [5, 5.41) is 3.87. The zero-order chi connectivity index (χ0) is 23.4. The molecule has 7 nitrogen and oxygen atoms in total. The van der Waals surface area contributed by atoms with Gasteiger partial charge in [0.2, 0.25) is 5.91 Å². The number of aromatic nitrogens is 2. The lowest BCUT2D eigenvalue weighted by Crippen LogP contribution is -2.31. The van der Waals surface area contributed by atoms with E-state index in [2.05, 4.69) is 15.3 Å². The van der Waals surface area contributed by atoms with Crippen LogP contribution in [0.3, 0.4) is 0 Å². The third kappa shape index (κ3) is 5.34. The lowest BCUT2D eigenvalue weighted by Gasteiger charge is -2.25. The molecule has 0 radical (unpaired) electrons. The van der Waals surface area contributed by atoms with Crippen molar-refractivity contribution >= 4 is 35.1 Å². The Morgan fingerprint density at radius 1 is 1.06 bits per heavy atom. The third-order valence-corrected chi connectivity index (χ3v) is 6.38. The monoisotopic (exact) mass is 485 g/mol. The first-order valence-corrected chi connectivity index (χ1v) is 12.1. The number of nitrogens with one attached hydrogen (secondary N) is 2. The third-order valence-electron chi connectivity index (χ3n) is 5.19. The number of amides is 1. The first-order valence-electron chi connectivity index (χ1n) is 10.7. The highest BCUT2D eigenvalue weighted by Crippen LogP contribution is 2.38. The molecule has 1 aromatic heterocycles. The summed E-state index contributed by atoms with van der Waals surface area (Å²) < 4.78 is 11.4. The molecule has 0 aliphatic carbocycles. The summed E-state index contributed by atoms with van der Waals surface area (Å²) in [5.41, 5.74) is 2.02. The van der Waals surface area contributed by atoms with Crippen molar-refractivity contribution < 1.29 is 14.3 Å². The van der Waals surface area contributed by atoms with Crippen LogP contribution in [0, 0.1) is 0 Å². The number of carbonyl (C=O) groups is 1. The number of rotatable bonds is 8. The Hall–Kier alpha value is -2.97. The molecular weight excluding hydrogens is 462 g/mol. The highest BCUT2D eigenvalue weighted by Gasteiger charge is 2.31. The van der Waals surface area contributed by atoms with E-state index in [1.165, 1.54) is 11.8 Å². The van der Waals surface area contributed by atoms with Crippen LogP contribution in [0.15, 0.2) is 52.4 Å². The van der Waals surface area contributed by atoms with E-state index in [1.807, 2.05) is 56.3 Å². The first kappa shape index (κ1) is 23.2. The Bertz CT molecular complexity index is 1210. The van der Waals surface area contributed by atoms with Crippen molar-refractivity contribution in [3.05, 3.63) is 74.5 Å². The van der Waals surface area contributed by atoms with E-state index in [4.69, 9.17) is 21.1 Å². The van der Waals surface area contributed by atoms with E-state index in [1.54, 1.807) is 0 Å². The van der Waals surface area contributed by atoms with Gasteiger partial charge in [0.25, 0.3) is 5.56 Å². The van der Waals surface area contributed by atoms with Crippen molar-refractivity contribution in [1.29, 1.82) is 0 Å². The molecule has 2 N–H and O–H groups in total. The molecule has 3 aromatic rings. The van der Waals surface area contributed by atoms with Crippen LogP contribution in [0.5, 0.6) is 11.5 Å². The maximum absolute atomic E-state index is 13.1. The summed E-state index contributed by atoms with van der Waals surface area (Å²) in [6.07, 6.45) is 0.147. The molecule has 1 atom stereocenters. The molecule has 0 saturated heterocycles. The van der Waals surface area contributed by atoms with Crippen LogP contribution in [0.2, 0.25) is 5.02 Å². The number of aromatic amines is 1. The Labute approximate surface area is 200 Å². The number of benzene rings is 2. The van der Waals surface area contributed by atoms with E-state index in [0.29, 0.717) is 52.0 Å². The van der Waals surface area contributed by atoms with E-state index in [0.717, 1.165) is 11.1 Å². The predicted octanol–water partition coefficient (Wildman–Crippen LogP) is 4.99. The van der Waals surface area contributed by atoms with Crippen LogP contribution in [0.4, 0.5) is 5.82 Å². The number of H-pyrrole nitrogens is 1. The Morgan fingerprint density at radius 2 is 1.79 bits per heavy atom. The fourth-order valence-corrected chi connectivity index (χ4v) is 4.66. The molecule has 4 rings (SSSR count). The second-order valence-electron chi connectivity index (χ2n) is 7.43. The predicted molar refractivity (Wildman–Crippen MR) is 130 cm³/mol. The highest BCUT2D eigenvalue weighted by atomic mass is 35.5. The lowest BCUT2D eigenvalue weighted by molar-refractivity contribution is -0.116. The van der Waals surface area contributed by atoms with Crippen LogP contribution in [0.1, 0.15) is 42.9 Å². The van der Waals surface area contributed by atoms with Crippen LogP contribution in [-0.2, 0) is 10.5 Å². The molecule has 2 heterocycles. The van der Waals surface area contributed by atoms with Gasteiger partial charge in [-0.2, -0.15) is 0 Å². The minimum Gasteiger partial charge on any atom is -0.490 e. The number of hydrogen-bond donors (Lipinski definition) is 2. The first-order chi connectivity index (χ1) is 16.0. The van der Waals surface area contributed by atoms with Gasteiger partial charge in [0, 0.05) is 23.1 Å². The molecule has 33 heavy (non-hydrogen) atoms. The second kappa shape index (κ2) is 10.3. The van der Waals surface area contributed by atoms with Crippen molar-refractivity contribution in [2.45, 2.75) is 37.1 Å². The van der Waals surface area contributed by atoms with Crippen molar-refractivity contribution in [2.24, 2.45) is 0 Å². The molecule has 2 aromatic carbocycles. The van der Waals surface area contributed by atoms with E-state index in [9.17, 15) is 9.59 Å². The molecule has 1 aliphatic heterocycles. The number of thioether (sulfide) groups is 1. The fourth-order valence-electron chi connectivity index (χ4n) is 3.72. The van der Waals surface area contributed by atoms with Crippen LogP contribution >= 0.6 is 23.4 Å². The van der Waals surface area contributed by atoms with Gasteiger partial charge in [-0.15, -0.1) is 0 Å². The Balaban J connectivity index is 1.64. The van der Waals surface area contributed by atoms with Crippen molar-refractivity contribution in [3.8, 4) is 11.5 Å². The molecule has 0 saturated carbocycles. The van der Waals surface area contributed by atoms with Crippen LogP contribution < -0.4 is 20.3 Å². The van der Waals surface area contributed by atoms with Gasteiger partial charge in [0.05, 0.1) is 18.8 Å². The minimum atomic E-state index is -0.435. The standard InChI is InChI=1S/C24H24ClN3O4S/c1-3-31-18-10-7-15(11-19(18)32-4-2)17-12-20(29)26-22-21(17)23(30)28-24(27-22)33-13-14-5-8-16(25)9-6-14/h5-11,17H,3-4,12-13H2,1-2H3,(H2,26,27,28,29,30). The minimum absolute atomic E-state index is 0.147. The highest BCUT2D eigenvalue weighted by molar-refractivity contribution is 7.98. The topological polar surface area (TPSA) is 93.3 Å².